The molecule has 0 spiro atoms. The smallest absolute Gasteiger partial charge is 0.264 e. The first-order chi connectivity index (χ1) is 16.4. The largest absolute Gasteiger partial charge is 0.325 e. The molecular weight excluding hydrogens is 484 g/mol. The Morgan fingerprint density at radius 3 is 2.17 bits per heavy atom. The third-order valence-corrected chi connectivity index (χ3v) is 7.80. The van der Waals surface area contributed by atoms with Gasteiger partial charge < -0.3 is 5.32 Å². The molecule has 2 N–H and O–H groups in total. The number of nitriles is 1. The predicted octanol–water partition coefficient (Wildman–Crippen LogP) is 4.21. The molecule has 2 heterocycles. The first-order valence-corrected chi connectivity index (χ1v) is 13.1. The first-order valence-electron chi connectivity index (χ1n) is 10.7. The van der Waals surface area contributed by atoms with E-state index in [1.165, 1.54) is 36.0 Å². The minimum absolute atomic E-state index is 0.00217. The van der Waals surface area contributed by atoms with Crippen molar-refractivity contribution in [1.29, 1.82) is 5.26 Å². The summed E-state index contributed by atoms with van der Waals surface area (Å²) in [6, 6.07) is 9.72. The van der Waals surface area contributed by atoms with Gasteiger partial charge in [-0.15, -0.1) is 0 Å². The van der Waals surface area contributed by atoms with Crippen LogP contribution in [0.15, 0.2) is 40.3 Å². The van der Waals surface area contributed by atoms with Crippen LogP contribution in [0.1, 0.15) is 40.7 Å². The van der Waals surface area contributed by atoms with Gasteiger partial charge in [-0.3, -0.25) is 4.79 Å². The summed E-state index contributed by atoms with van der Waals surface area (Å²) in [5.74, 6) is -0.299. The number of rotatable bonds is 7. The normalized spacial score (nSPS) is 12.0. The molecule has 0 aliphatic rings. The van der Waals surface area contributed by atoms with E-state index in [1.54, 1.807) is 26.8 Å². The van der Waals surface area contributed by atoms with Gasteiger partial charge in [-0.05, 0) is 83.0 Å². The molecule has 0 radical (unpaired) electrons. The number of aryl methyl sites for hydroxylation is 3. The summed E-state index contributed by atoms with van der Waals surface area (Å²) in [6.07, 6.45) is 0. The van der Waals surface area contributed by atoms with Gasteiger partial charge in [-0.25, -0.2) is 28.1 Å². The molecule has 11 heteroatoms. The van der Waals surface area contributed by atoms with E-state index >= 15 is 0 Å². The number of hydrogen-bond donors (Lipinski definition) is 2. The average Bonchev–Trinajstić information content (AvgIpc) is 2.77. The second-order valence-corrected chi connectivity index (χ2v) is 11.1. The van der Waals surface area contributed by atoms with Crippen molar-refractivity contribution in [3.63, 3.8) is 0 Å². The fourth-order valence-electron chi connectivity index (χ4n) is 3.26. The van der Waals surface area contributed by atoms with Crippen LogP contribution >= 0.6 is 11.8 Å². The molecule has 1 atom stereocenters. The third kappa shape index (κ3) is 6.15. The maximum atomic E-state index is 12.8. The second kappa shape index (κ2) is 10.4. The van der Waals surface area contributed by atoms with E-state index < -0.39 is 15.3 Å². The number of hydrogen-bond acceptors (Lipinski definition) is 8. The summed E-state index contributed by atoms with van der Waals surface area (Å²) in [6.45, 7) is 10.9. The fraction of sp³-hybridized carbons (Fsp3) is 0.292. The summed E-state index contributed by atoms with van der Waals surface area (Å²) < 4.78 is 27.8. The quantitative estimate of drug-likeness (QED) is 0.451. The molecule has 9 nitrogen and oxygen atoms in total. The molecule has 35 heavy (non-hydrogen) atoms. The number of thioether (sulfide) groups is 1. The zero-order valence-corrected chi connectivity index (χ0v) is 21.9. The Kier molecular flexibility index (Phi) is 7.77. The number of sulfonamides is 1. The lowest BCUT2D eigenvalue weighted by molar-refractivity contribution is -0.115. The summed E-state index contributed by atoms with van der Waals surface area (Å²) in [5, 5.41) is 12.3. The number of carbonyl (C=O) groups is 1. The summed E-state index contributed by atoms with van der Waals surface area (Å²) >= 11 is 1.20. The highest BCUT2D eigenvalue weighted by molar-refractivity contribution is 8.00. The topological polar surface area (TPSA) is 138 Å². The number of nitrogens with zero attached hydrogens (tertiary/aromatic N) is 4. The van der Waals surface area contributed by atoms with Crippen LogP contribution in [-0.2, 0) is 14.8 Å². The lowest BCUT2D eigenvalue weighted by atomic mass is 10.1. The molecule has 2 aromatic heterocycles. The highest BCUT2D eigenvalue weighted by atomic mass is 32.2. The molecule has 1 amide bonds. The van der Waals surface area contributed by atoms with Gasteiger partial charge in [0.25, 0.3) is 10.0 Å². The molecule has 1 aromatic carbocycles. The van der Waals surface area contributed by atoms with Crippen LogP contribution in [-0.4, -0.2) is 34.5 Å². The molecule has 182 valence electrons. The van der Waals surface area contributed by atoms with Gasteiger partial charge in [-0.2, -0.15) is 5.26 Å². The zero-order chi connectivity index (χ0) is 25.9. The number of carbonyl (C=O) groups excluding carboxylic acids is 1. The molecular formula is C24H26N6O3S2. The minimum Gasteiger partial charge on any atom is -0.325 e. The first kappa shape index (κ1) is 26.1. The van der Waals surface area contributed by atoms with Crippen LogP contribution in [0.3, 0.4) is 0 Å². The summed E-state index contributed by atoms with van der Waals surface area (Å²) in [4.78, 5) is 25.4. The number of nitrogens with one attached hydrogen (secondary N) is 2. The van der Waals surface area contributed by atoms with E-state index in [0.717, 1.165) is 16.8 Å². The molecule has 0 saturated heterocycles. The Labute approximate surface area is 209 Å². The van der Waals surface area contributed by atoms with Crippen LogP contribution in [0.25, 0.3) is 0 Å². The molecule has 3 aromatic rings. The highest BCUT2D eigenvalue weighted by Gasteiger charge is 2.21. The van der Waals surface area contributed by atoms with Crippen LogP contribution in [0.2, 0.25) is 0 Å². The van der Waals surface area contributed by atoms with E-state index in [4.69, 9.17) is 0 Å². The number of benzene rings is 1. The fourth-order valence-corrected chi connectivity index (χ4v) is 5.21. The average molecular weight is 511 g/mol. The Morgan fingerprint density at radius 1 is 1.00 bits per heavy atom. The van der Waals surface area contributed by atoms with Crippen LogP contribution in [0.4, 0.5) is 11.6 Å². The van der Waals surface area contributed by atoms with Crippen LogP contribution in [0, 0.1) is 45.9 Å². The van der Waals surface area contributed by atoms with Gasteiger partial charge in [-0.1, -0.05) is 11.8 Å². The number of pyridine rings is 1. The molecule has 1 unspecified atom stereocenters. The molecule has 0 bridgehead atoms. The molecule has 3 rings (SSSR count). The van der Waals surface area contributed by atoms with Crippen molar-refractivity contribution in [3.8, 4) is 6.07 Å². The Balaban J connectivity index is 1.70. The minimum atomic E-state index is -3.90. The zero-order valence-electron chi connectivity index (χ0n) is 20.3. The molecule has 0 aliphatic carbocycles. The molecule has 0 saturated carbocycles. The maximum absolute atomic E-state index is 12.8. The highest BCUT2D eigenvalue weighted by Crippen LogP contribution is 2.30. The van der Waals surface area contributed by atoms with Crippen LogP contribution in [0.5, 0.6) is 0 Å². The maximum Gasteiger partial charge on any atom is 0.264 e. The van der Waals surface area contributed by atoms with Gasteiger partial charge in [0.1, 0.15) is 11.1 Å². The monoisotopic (exact) mass is 510 g/mol. The number of anilines is 2. The van der Waals surface area contributed by atoms with Crippen molar-refractivity contribution in [2.45, 2.75) is 56.7 Å². The van der Waals surface area contributed by atoms with Gasteiger partial charge in [0.2, 0.25) is 11.9 Å². The second-order valence-electron chi connectivity index (χ2n) is 8.09. The van der Waals surface area contributed by atoms with Crippen molar-refractivity contribution in [2.24, 2.45) is 0 Å². The van der Waals surface area contributed by atoms with Crippen molar-refractivity contribution in [1.82, 2.24) is 15.0 Å². The number of aromatic nitrogens is 3. The van der Waals surface area contributed by atoms with E-state index in [-0.39, 0.29) is 16.8 Å². The van der Waals surface area contributed by atoms with E-state index in [1.807, 2.05) is 20.8 Å². The summed E-state index contributed by atoms with van der Waals surface area (Å²) in [7, 11) is -3.90. The summed E-state index contributed by atoms with van der Waals surface area (Å²) in [5.41, 5.74) is 4.82. The van der Waals surface area contributed by atoms with Crippen molar-refractivity contribution in [2.75, 3.05) is 10.0 Å². The van der Waals surface area contributed by atoms with Crippen molar-refractivity contribution in [3.05, 3.63) is 64.1 Å². The number of amides is 1. The van der Waals surface area contributed by atoms with Crippen molar-refractivity contribution >= 4 is 39.3 Å². The van der Waals surface area contributed by atoms with Gasteiger partial charge >= 0.3 is 0 Å². The lowest BCUT2D eigenvalue weighted by Gasteiger charge is -2.15. The Bertz CT molecular complexity index is 1410. The Morgan fingerprint density at radius 2 is 1.60 bits per heavy atom. The Hall–Kier alpha value is -3.49. The van der Waals surface area contributed by atoms with Gasteiger partial charge in [0, 0.05) is 22.8 Å². The molecule has 0 aliphatic heterocycles. The van der Waals surface area contributed by atoms with E-state index in [0.29, 0.717) is 27.7 Å². The SMILES string of the molecule is Cc1cc(C)nc(NS(=O)(=O)c2ccc(NC(=O)C(C)Sc3nc(C)c(C)c(C)c3C#N)cc2)n1. The van der Waals surface area contributed by atoms with E-state index in [9.17, 15) is 18.5 Å². The van der Waals surface area contributed by atoms with Crippen LogP contribution < -0.4 is 10.0 Å². The third-order valence-electron chi connectivity index (χ3n) is 5.37. The van der Waals surface area contributed by atoms with Gasteiger partial charge in [0.05, 0.1) is 15.7 Å². The predicted molar refractivity (Wildman–Crippen MR) is 136 cm³/mol. The van der Waals surface area contributed by atoms with E-state index in [2.05, 4.69) is 31.1 Å². The standard InChI is InChI=1S/C24H26N6O3S2/c1-13-11-14(2)27-24(26-13)30-35(32,33)20-9-7-19(8-10-20)29-22(31)18(6)34-23-21(12-25)16(4)15(3)17(5)28-23/h7-11,18H,1-6H3,(H,29,31)(H,26,27,30). The molecule has 0 fully saturated rings. The van der Waals surface area contributed by atoms with Gasteiger partial charge in [0.15, 0.2) is 0 Å². The van der Waals surface area contributed by atoms with Crippen molar-refractivity contribution < 1.29 is 13.2 Å². The lowest BCUT2D eigenvalue weighted by Crippen LogP contribution is -2.23.